The molecular formula is C22H21F3N2O2. The summed E-state index contributed by atoms with van der Waals surface area (Å²) in [6.45, 7) is 0.122. The lowest BCUT2D eigenvalue weighted by Gasteiger charge is -2.35. The van der Waals surface area contributed by atoms with Gasteiger partial charge in [0.15, 0.2) is 0 Å². The summed E-state index contributed by atoms with van der Waals surface area (Å²) in [4.78, 5) is 14.9. The first-order valence-corrected chi connectivity index (χ1v) is 9.60. The molecule has 0 spiro atoms. The zero-order chi connectivity index (χ0) is 20.5. The van der Waals surface area contributed by atoms with Crippen LogP contribution in [0, 0.1) is 23.4 Å². The van der Waals surface area contributed by atoms with Crippen LogP contribution in [0.5, 0.6) is 0 Å². The summed E-state index contributed by atoms with van der Waals surface area (Å²) in [5, 5.41) is 11.9. The molecule has 1 heterocycles. The predicted molar refractivity (Wildman–Crippen MR) is 104 cm³/mol. The van der Waals surface area contributed by atoms with Crippen molar-refractivity contribution in [3.8, 4) is 11.3 Å². The Hall–Kier alpha value is -2.80. The van der Waals surface area contributed by atoms with Gasteiger partial charge in [-0.2, -0.15) is 0 Å². The number of carbonyl (C=O) groups excluding carboxylic acids is 1. The van der Waals surface area contributed by atoms with E-state index >= 15 is 0 Å². The Labute approximate surface area is 165 Å². The second-order valence-corrected chi connectivity index (χ2v) is 7.54. The summed E-state index contributed by atoms with van der Waals surface area (Å²) in [6.07, 6.45) is 1.78. The number of halogens is 3. The molecule has 29 heavy (non-hydrogen) atoms. The van der Waals surface area contributed by atoms with Gasteiger partial charge in [0.25, 0.3) is 0 Å². The monoisotopic (exact) mass is 402 g/mol. The molecule has 1 aromatic heterocycles. The van der Waals surface area contributed by atoms with Crippen molar-refractivity contribution >= 4 is 16.8 Å². The minimum absolute atomic E-state index is 0.0423. The molecule has 4 nitrogen and oxygen atoms in total. The molecule has 0 radical (unpaired) electrons. The van der Waals surface area contributed by atoms with E-state index in [2.05, 4.69) is 10.3 Å². The summed E-state index contributed by atoms with van der Waals surface area (Å²) < 4.78 is 41.6. The van der Waals surface area contributed by atoms with Gasteiger partial charge in [-0.3, -0.25) is 4.79 Å². The maximum absolute atomic E-state index is 14.4. The highest BCUT2D eigenvalue weighted by Gasteiger charge is 2.35. The third-order valence-corrected chi connectivity index (χ3v) is 5.55. The number of benzene rings is 2. The van der Waals surface area contributed by atoms with Crippen molar-refractivity contribution in [1.82, 2.24) is 10.3 Å². The number of hydrogen-bond acceptors (Lipinski definition) is 2. The van der Waals surface area contributed by atoms with Gasteiger partial charge in [-0.05, 0) is 66.1 Å². The molecule has 1 saturated carbocycles. The quantitative estimate of drug-likeness (QED) is 0.577. The number of fused-ring (bicyclic) bond motifs is 1. The summed E-state index contributed by atoms with van der Waals surface area (Å²) in [7, 11) is 0. The SMILES string of the molecule is O=C(CC1CC(c2c(-c3ccc(F)cc3)[nH]c3c(F)cc(F)cc23)C1)NCCO. The Morgan fingerprint density at radius 2 is 1.83 bits per heavy atom. The number of aromatic nitrogens is 1. The van der Waals surface area contributed by atoms with Crippen molar-refractivity contribution < 1.29 is 23.1 Å². The van der Waals surface area contributed by atoms with E-state index in [4.69, 9.17) is 5.11 Å². The van der Waals surface area contributed by atoms with E-state index in [0.29, 0.717) is 35.9 Å². The van der Waals surface area contributed by atoms with Crippen molar-refractivity contribution in [3.63, 3.8) is 0 Å². The van der Waals surface area contributed by atoms with Crippen molar-refractivity contribution in [1.29, 1.82) is 0 Å². The molecule has 0 bridgehead atoms. The molecule has 2 aromatic carbocycles. The average molecular weight is 402 g/mol. The molecule has 7 heteroatoms. The third kappa shape index (κ3) is 3.87. The van der Waals surface area contributed by atoms with E-state index in [-0.39, 0.29) is 42.2 Å². The molecule has 1 fully saturated rings. The van der Waals surface area contributed by atoms with Gasteiger partial charge in [0.1, 0.15) is 17.5 Å². The Balaban J connectivity index is 1.65. The number of nitrogens with one attached hydrogen (secondary N) is 2. The van der Waals surface area contributed by atoms with Gasteiger partial charge >= 0.3 is 0 Å². The number of aromatic amines is 1. The molecule has 152 valence electrons. The molecule has 0 atom stereocenters. The van der Waals surface area contributed by atoms with Crippen LogP contribution in [0.4, 0.5) is 13.2 Å². The van der Waals surface area contributed by atoms with Crippen LogP contribution in [0.1, 0.15) is 30.7 Å². The largest absolute Gasteiger partial charge is 0.395 e. The lowest BCUT2D eigenvalue weighted by Crippen LogP contribution is -2.32. The molecule has 3 N–H and O–H groups in total. The first-order valence-electron chi connectivity index (χ1n) is 9.60. The fraction of sp³-hybridized carbons (Fsp3) is 0.318. The van der Waals surface area contributed by atoms with Crippen molar-refractivity contribution in [2.24, 2.45) is 5.92 Å². The summed E-state index contributed by atoms with van der Waals surface area (Å²) in [6, 6.07) is 8.03. The summed E-state index contributed by atoms with van der Waals surface area (Å²) in [5.41, 5.74) is 2.38. The van der Waals surface area contributed by atoms with Crippen LogP contribution in [-0.2, 0) is 4.79 Å². The van der Waals surface area contributed by atoms with E-state index in [9.17, 15) is 18.0 Å². The third-order valence-electron chi connectivity index (χ3n) is 5.55. The fourth-order valence-corrected chi connectivity index (χ4v) is 4.18. The Kier molecular flexibility index (Phi) is 5.32. The van der Waals surface area contributed by atoms with Gasteiger partial charge in [-0.1, -0.05) is 0 Å². The number of H-pyrrole nitrogens is 1. The normalized spacial score (nSPS) is 18.6. The Morgan fingerprint density at radius 1 is 1.10 bits per heavy atom. The molecule has 4 rings (SSSR count). The average Bonchev–Trinajstić information content (AvgIpc) is 3.02. The second kappa shape index (κ2) is 7.91. The van der Waals surface area contributed by atoms with Gasteiger partial charge in [-0.15, -0.1) is 0 Å². The number of amides is 1. The van der Waals surface area contributed by atoms with Crippen molar-refractivity contribution in [2.75, 3.05) is 13.2 Å². The molecular weight excluding hydrogens is 381 g/mol. The van der Waals surface area contributed by atoms with E-state index in [1.54, 1.807) is 12.1 Å². The number of aliphatic hydroxyl groups is 1. The maximum Gasteiger partial charge on any atom is 0.220 e. The topological polar surface area (TPSA) is 65.1 Å². The number of rotatable bonds is 6. The smallest absolute Gasteiger partial charge is 0.220 e. The van der Waals surface area contributed by atoms with Gasteiger partial charge in [0.05, 0.1) is 17.8 Å². The van der Waals surface area contributed by atoms with Gasteiger partial charge in [0, 0.05) is 24.4 Å². The van der Waals surface area contributed by atoms with E-state index in [0.717, 1.165) is 11.6 Å². The van der Waals surface area contributed by atoms with Crippen LogP contribution in [0.15, 0.2) is 36.4 Å². The van der Waals surface area contributed by atoms with Gasteiger partial charge < -0.3 is 15.4 Å². The van der Waals surface area contributed by atoms with E-state index in [1.165, 1.54) is 18.2 Å². The van der Waals surface area contributed by atoms with Crippen molar-refractivity contribution in [3.05, 3.63) is 59.4 Å². The van der Waals surface area contributed by atoms with E-state index in [1.807, 2.05) is 0 Å². The first-order chi connectivity index (χ1) is 14.0. The predicted octanol–water partition coefficient (Wildman–Crippen LogP) is 4.24. The van der Waals surface area contributed by atoms with Crippen LogP contribution in [0.25, 0.3) is 22.2 Å². The van der Waals surface area contributed by atoms with Crippen LogP contribution in [0.3, 0.4) is 0 Å². The Morgan fingerprint density at radius 3 is 2.52 bits per heavy atom. The number of aliphatic hydroxyl groups excluding tert-OH is 1. The second-order valence-electron chi connectivity index (χ2n) is 7.54. The van der Waals surface area contributed by atoms with Crippen LogP contribution in [-0.4, -0.2) is 29.1 Å². The zero-order valence-electron chi connectivity index (χ0n) is 15.6. The molecule has 3 aromatic rings. The number of hydrogen-bond donors (Lipinski definition) is 3. The highest BCUT2D eigenvalue weighted by molar-refractivity contribution is 5.92. The van der Waals surface area contributed by atoms with E-state index < -0.39 is 11.6 Å². The molecule has 1 aliphatic carbocycles. The molecule has 1 aliphatic rings. The highest BCUT2D eigenvalue weighted by Crippen LogP contribution is 2.49. The minimum Gasteiger partial charge on any atom is -0.395 e. The fourth-order valence-electron chi connectivity index (χ4n) is 4.18. The van der Waals surface area contributed by atoms with Crippen LogP contribution >= 0.6 is 0 Å². The molecule has 0 saturated heterocycles. The Bertz CT molecular complexity index is 1040. The van der Waals surface area contributed by atoms with Gasteiger partial charge in [-0.25, -0.2) is 13.2 Å². The lowest BCUT2D eigenvalue weighted by atomic mass is 9.69. The highest BCUT2D eigenvalue weighted by atomic mass is 19.1. The lowest BCUT2D eigenvalue weighted by molar-refractivity contribution is -0.122. The van der Waals surface area contributed by atoms with Crippen LogP contribution in [0.2, 0.25) is 0 Å². The summed E-state index contributed by atoms with van der Waals surface area (Å²) >= 11 is 0. The molecule has 0 aliphatic heterocycles. The number of carbonyl (C=O) groups is 1. The zero-order valence-corrected chi connectivity index (χ0v) is 15.6. The standard InChI is InChI=1S/C22H21F3N2O2/c23-15-3-1-13(2-4-15)21-20(17-10-16(24)11-18(25)22(17)27-21)14-7-12(8-14)9-19(29)26-5-6-28/h1-4,10-12,14,27-28H,5-9H2,(H,26,29). The van der Waals surface area contributed by atoms with Crippen molar-refractivity contribution in [2.45, 2.75) is 25.2 Å². The first kappa shape index (κ1) is 19.5. The maximum atomic E-state index is 14.4. The summed E-state index contributed by atoms with van der Waals surface area (Å²) in [5.74, 6) is -1.60. The molecule has 1 amide bonds. The van der Waals surface area contributed by atoms with Crippen LogP contribution < -0.4 is 5.32 Å². The molecule has 0 unspecified atom stereocenters. The van der Waals surface area contributed by atoms with Gasteiger partial charge in [0.2, 0.25) is 5.91 Å². The minimum atomic E-state index is -0.672.